The van der Waals surface area contributed by atoms with Crippen LogP contribution in [0.3, 0.4) is 0 Å². The van der Waals surface area contributed by atoms with Crippen LogP contribution in [-0.2, 0) is 4.79 Å². The summed E-state index contributed by atoms with van der Waals surface area (Å²) >= 11 is 0. The van der Waals surface area contributed by atoms with Gasteiger partial charge in [-0.15, -0.1) is 0 Å². The van der Waals surface area contributed by atoms with E-state index in [2.05, 4.69) is 6.58 Å². The van der Waals surface area contributed by atoms with Crippen LogP contribution in [0.4, 0.5) is 0 Å². The Hall–Kier alpha value is -1.77. The van der Waals surface area contributed by atoms with Crippen molar-refractivity contribution in [2.75, 3.05) is 26.7 Å². The van der Waals surface area contributed by atoms with Crippen LogP contribution in [0, 0.1) is 0 Å². The first-order chi connectivity index (χ1) is 10.1. The Balaban J connectivity index is 0. The summed E-state index contributed by atoms with van der Waals surface area (Å²) in [5, 5.41) is 0. The summed E-state index contributed by atoms with van der Waals surface area (Å²) in [6, 6.07) is 0. The fraction of sp³-hybridized carbons (Fsp3) is 0.500. The van der Waals surface area contributed by atoms with Gasteiger partial charge in [-0.2, -0.15) is 0 Å². The Morgan fingerprint density at radius 1 is 1.14 bits per heavy atom. The zero-order valence-corrected chi connectivity index (χ0v) is 14.4. The third kappa shape index (κ3) is 14.4. The maximum atomic E-state index is 11.0. The van der Waals surface area contributed by atoms with Crippen LogP contribution in [-0.4, -0.2) is 42.9 Å². The van der Waals surface area contributed by atoms with Crippen LogP contribution in [0.15, 0.2) is 48.7 Å². The highest BCUT2D eigenvalue weighted by Gasteiger charge is 2.02. The Morgan fingerprint density at radius 2 is 1.81 bits per heavy atom. The minimum atomic E-state index is 0.682. The number of amides is 1. The Kier molecular flexibility index (Phi) is 16.7. The van der Waals surface area contributed by atoms with Crippen molar-refractivity contribution in [3.63, 3.8) is 0 Å². The van der Waals surface area contributed by atoms with Gasteiger partial charge in [0.1, 0.15) is 0 Å². The molecular formula is C18H32N2O. The molecule has 0 atom stereocenters. The van der Waals surface area contributed by atoms with Crippen molar-refractivity contribution < 1.29 is 4.79 Å². The quantitative estimate of drug-likeness (QED) is 0.448. The molecule has 21 heavy (non-hydrogen) atoms. The fourth-order valence-electron chi connectivity index (χ4n) is 1.55. The molecule has 0 aromatic carbocycles. The van der Waals surface area contributed by atoms with Gasteiger partial charge in [-0.25, -0.2) is 0 Å². The molecule has 0 aromatic rings. The number of nitrogens with zero attached hydrogens (tertiary/aromatic N) is 2. The molecule has 0 N–H and O–H groups in total. The maximum absolute atomic E-state index is 11.0. The second-order valence-corrected chi connectivity index (χ2v) is 4.52. The molecular weight excluding hydrogens is 260 g/mol. The number of hydrogen-bond acceptors (Lipinski definition) is 2. The zero-order chi connectivity index (χ0) is 16.5. The van der Waals surface area contributed by atoms with Crippen LogP contribution >= 0.6 is 0 Å². The summed E-state index contributed by atoms with van der Waals surface area (Å²) in [6.45, 7) is 14.1. The third-order valence-electron chi connectivity index (χ3n) is 2.66. The van der Waals surface area contributed by atoms with E-state index < -0.39 is 0 Å². The first-order valence-corrected chi connectivity index (χ1v) is 7.61. The molecule has 0 radical (unpaired) electrons. The highest BCUT2D eigenvalue weighted by molar-refractivity contribution is 5.47. The first kappa shape index (κ1) is 21.5. The first-order valence-electron chi connectivity index (χ1n) is 7.61. The SMILES string of the molecule is C=CN(C)CCCN(C=O)C/C(C)=C/C=C\C=C/C.CC. The lowest BCUT2D eigenvalue weighted by Crippen LogP contribution is -2.27. The molecule has 120 valence electrons. The predicted octanol–water partition coefficient (Wildman–Crippen LogP) is 4.02. The van der Waals surface area contributed by atoms with E-state index in [4.69, 9.17) is 0 Å². The van der Waals surface area contributed by atoms with Gasteiger partial charge in [0.2, 0.25) is 6.41 Å². The number of carbonyl (C=O) groups excluding carboxylic acids is 1. The molecule has 0 saturated carbocycles. The van der Waals surface area contributed by atoms with Gasteiger partial charge < -0.3 is 9.80 Å². The normalized spacial score (nSPS) is 11.2. The summed E-state index contributed by atoms with van der Waals surface area (Å²) in [6.07, 6.45) is 13.6. The summed E-state index contributed by atoms with van der Waals surface area (Å²) in [5.74, 6) is 0. The molecule has 0 fully saturated rings. The van der Waals surface area contributed by atoms with E-state index >= 15 is 0 Å². The van der Waals surface area contributed by atoms with E-state index in [1.807, 2.05) is 70.0 Å². The summed E-state index contributed by atoms with van der Waals surface area (Å²) in [5.41, 5.74) is 1.17. The van der Waals surface area contributed by atoms with Crippen molar-refractivity contribution in [1.82, 2.24) is 9.80 Å². The van der Waals surface area contributed by atoms with E-state index in [0.29, 0.717) is 6.54 Å². The lowest BCUT2D eigenvalue weighted by Gasteiger charge is -2.19. The number of hydrogen-bond donors (Lipinski definition) is 0. The second kappa shape index (κ2) is 16.3. The average molecular weight is 292 g/mol. The van der Waals surface area contributed by atoms with Gasteiger partial charge in [-0.1, -0.05) is 56.4 Å². The maximum Gasteiger partial charge on any atom is 0.209 e. The van der Waals surface area contributed by atoms with Crippen molar-refractivity contribution in [2.24, 2.45) is 0 Å². The van der Waals surface area contributed by atoms with E-state index in [1.165, 1.54) is 5.57 Å². The Morgan fingerprint density at radius 3 is 2.33 bits per heavy atom. The molecule has 0 heterocycles. The molecule has 0 saturated heterocycles. The minimum absolute atomic E-state index is 0.682. The smallest absolute Gasteiger partial charge is 0.209 e. The van der Waals surface area contributed by atoms with Crippen LogP contribution in [0.25, 0.3) is 0 Å². The summed E-state index contributed by atoms with van der Waals surface area (Å²) in [7, 11) is 1.98. The fourth-order valence-corrected chi connectivity index (χ4v) is 1.55. The molecule has 0 rings (SSSR count). The molecule has 0 unspecified atom stereocenters. The highest BCUT2D eigenvalue weighted by atomic mass is 16.1. The molecule has 1 amide bonds. The number of rotatable bonds is 10. The lowest BCUT2D eigenvalue weighted by atomic mass is 10.2. The molecule has 0 aliphatic heterocycles. The van der Waals surface area contributed by atoms with Gasteiger partial charge in [-0.05, 0) is 26.5 Å². The summed E-state index contributed by atoms with van der Waals surface area (Å²) < 4.78 is 0. The largest absolute Gasteiger partial charge is 0.381 e. The van der Waals surface area contributed by atoms with Crippen molar-refractivity contribution in [3.05, 3.63) is 48.7 Å². The molecule has 0 aliphatic carbocycles. The standard InChI is InChI=1S/C16H26N2O.C2H6/c1-5-7-8-9-11-16(3)14-18(15-19)13-10-12-17(4)6-2;1-2/h5-9,11,15H,2,10,12-14H2,1,3-4H3;1-2H3/b7-5-,9-8-,16-11+;. The van der Waals surface area contributed by atoms with Crippen molar-refractivity contribution in [3.8, 4) is 0 Å². The van der Waals surface area contributed by atoms with Crippen molar-refractivity contribution in [1.29, 1.82) is 0 Å². The average Bonchev–Trinajstić information content (AvgIpc) is 2.52. The highest BCUT2D eigenvalue weighted by Crippen LogP contribution is 1.99. The van der Waals surface area contributed by atoms with Crippen LogP contribution in [0.5, 0.6) is 0 Å². The molecule has 3 nitrogen and oxygen atoms in total. The number of allylic oxidation sites excluding steroid dienone is 5. The molecule has 0 spiro atoms. The van der Waals surface area contributed by atoms with E-state index in [1.54, 1.807) is 11.1 Å². The van der Waals surface area contributed by atoms with E-state index in [-0.39, 0.29) is 0 Å². The van der Waals surface area contributed by atoms with Crippen LogP contribution in [0.2, 0.25) is 0 Å². The molecule has 0 bridgehead atoms. The van der Waals surface area contributed by atoms with Gasteiger partial charge in [0.05, 0.1) is 0 Å². The molecule has 0 aliphatic rings. The van der Waals surface area contributed by atoms with Gasteiger partial charge in [-0.3, -0.25) is 4.79 Å². The lowest BCUT2D eigenvalue weighted by molar-refractivity contribution is -0.117. The van der Waals surface area contributed by atoms with Crippen LogP contribution < -0.4 is 0 Å². The van der Waals surface area contributed by atoms with Crippen molar-refractivity contribution in [2.45, 2.75) is 34.1 Å². The van der Waals surface area contributed by atoms with E-state index in [9.17, 15) is 4.79 Å². The minimum Gasteiger partial charge on any atom is -0.381 e. The third-order valence-corrected chi connectivity index (χ3v) is 2.66. The Labute approximate surface area is 131 Å². The molecule has 0 aromatic heterocycles. The topological polar surface area (TPSA) is 23.6 Å². The molecule has 3 heteroatoms. The van der Waals surface area contributed by atoms with Gasteiger partial charge >= 0.3 is 0 Å². The van der Waals surface area contributed by atoms with Crippen molar-refractivity contribution >= 4 is 6.41 Å². The zero-order valence-electron chi connectivity index (χ0n) is 14.4. The second-order valence-electron chi connectivity index (χ2n) is 4.52. The van der Waals surface area contributed by atoms with Gasteiger partial charge in [0.25, 0.3) is 0 Å². The van der Waals surface area contributed by atoms with Gasteiger partial charge in [0.15, 0.2) is 0 Å². The summed E-state index contributed by atoms with van der Waals surface area (Å²) in [4.78, 5) is 14.8. The van der Waals surface area contributed by atoms with Crippen LogP contribution in [0.1, 0.15) is 34.1 Å². The monoisotopic (exact) mass is 292 g/mol. The predicted molar refractivity (Wildman–Crippen MR) is 94.1 cm³/mol. The number of carbonyl (C=O) groups is 1. The van der Waals surface area contributed by atoms with E-state index in [0.717, 1.165) is 25.9 Å². The Bertz CT molecular complexity index is 343. The van der Waals surface area contributed by atoms with Gasteiger partial charge in [0, 0.05) is 26.7 Å².